The first kappa shape index (κ1) is 37.4. The van der Waals surface area contributed by atoms with Gasteiger partial charge in [-0.1, -0.05) is 20.8 Å². The normalized spacial score (nSPS) is 19.9. The number of aliphatic carboxylic acids is 1. The van der Waals surface area contributed by atoms with E-state index >= 15 is 0 Å². The van der Waals surface area contributed by atoms with Crippen LogP contribution in [0.15, 0.2) is 17.0 Å². The Morgan fingerprint density at radius 3 is 2.50 bits per heavy atom. The lowest BCUT2D eigenvalue weighted by molar-refractivity contribution is -0.149. The molecule has 5 atom stereocenters. The third-order valence-electron chi connectivity index (χ3n) is 8.90. The molecule has 0 aromatic carbocycles. The van der Waals surface area contributed by atoms with E-state index in [1.165, 1.54) is 18.3 Å². The Kier molecular flexibility index (Phi) is 12.7. The van der Waals surface area contributed by atoms with E-state index in [4.69, 9.17) is 9.47 Å². The van der Waals surface area contributed by atoms with Crippen LogP contribution in [0.2, 0.25) is 0 Å². The number of rotatable bonds is 16. The van der Waals surface area contributed by atoms with Crippen LogP contribution in [-0.4, -0.2) is 112 Å². The highest BCUT2D eigenvalue weighted by Gasteiger charge is 2.54. The van der Waals surface area contributed by atoms with Gasteiger partial charge in [0, 0.05) is 62.4 Å². The summed E-state index contributed by atoms with van der Waals surface area (Å²) in [5, 5.41) is 19.9. The van der Waals surface area contributed by atoms with E-state index in [0.29, 0.717) is 37.4 Å². The molecule has 2 fully saturated rings. The van der Waals surface area contributed by atoms with Crippen molar-refractivity contribution >= 4 is 52.3 Å². The second-order valence-corrected chi connectivity index (χ2v) is 14.9. The number of likely N-dealkylation sites (N-methyl/N-ethyl adjacent to an activating group) is 2. The van der Waals surface area contributed by atoms with E-state index < -0.39 is 53.5 Å². The second-order valence-electron chi connectivity index (χ2n) is 13.1. The van der Waals surface area contributed by atoms with Gasteiger partial charge in [0.15, 0.2) is 6.10 Å². The van der Waals surface area contributed by atoms with Crippen LogP contribution < -0.4 is 10.6 Å². The summed E-state index contributed by atoms with van der Waals surface area (Å²) in [4.78, 5) is 76.5. The Bertz CT molecular complexity index is 1450. The number of amides is 3. The van der Waals surface area contributed by atoms with Gasteiger partial charge in [0.25, 0.3) is 5.91 Å². The van der Waals surface area contributed by atoms with Crippen LogP contribution in [-0.2, 0) is 35.1 Å². The van der Waals surface area contributed by atoms with E-state index in [0.717, 1.165) is 16.3 Å². The first-order chi connectivity index (χ1) is 22.7. The number of carbonyl (C=O) groups is 5. The third-order valence-corrected chi connectivity index (χ3v) is 10.6. The zero-order chi connectivity index (χ0) is 35.2. The summed E-state index contributed by atoms with van der Waals surface area (Å²) in [6.07, 6.45) is 2.67. The van der Waals surface area contributed by atoms with E-state index in [-0.39, 0.29) is 42.9 Å². The van der Waals surface area contributed by atoms with E-state index in [1.54, 1.807) is 30.4 Å². The Morgan fingerprint density at radius 2 is 1.92 bits per heavy atom. The van der Waals surface area contributed by atoms with Gasteiger partial charge in [-0.25, -0.2) is 9.97 Å². The second kappa shape index (κ2) is 16.3. The summed E-state index contributed by atoms with van der Waals surface area (Å²) in [5.74, 6) is -3.16. The van der Waals surface area contributed by atoms with Gasteiger partial charge in [0.1, 0.15) is 22.3 Å². The molecule has 0 unspecified atom stereocenters. The number of nitrogens with one attached hydrogen (secondary N) is 2. The van der Waals surface area contributed by atoms with Gasteiger partial charge in [-0.3, -0.25) is 28.9 Å². The van der Waals surface area contributed by atoms with Crippen LogP contribution in [0.3, 0.4) is 0 Å². The molecule has 3 amide bonds. The predicted molar refractivity (Wildman–Crippen MR) is 178 cm³/mol. The summed E-state index contributed by atoms with van der Waals surface area (Å²) in [5.41, 5.74) is -0.880. The molecule has 2 aromatic rings. The number of thiazole rings is 2. The number of esters is 1. The number of carbonyl (C=O) groups excluding carboxylic acids is 4. The molecule has 264 valence electrons. The van der Waals surface area contributed by atoms with Gasteiger partial charge >= 0.3 is 11.9 Å². The standard InChI is InChI=1S/C32H46N6O8S2/c1-18(2)23(38(6)31(44)32(7-8-32)36-28(41)24-16-45-11-10-37(24)5)15-25(46-20(4)39)29-35-22(17-48-29)27(40)34-21(13-19(3)30(42)43)14-26-33-9-12-47-26/h9,12,17-19,21,23-25H,7-8,10-11,13-16H2,1-6H3,(H,34,40)(H,36,41)(H,42,43)/t19-,21+,23+,24+,25+/m0/s1. The van der Waals surface area contributed by atoms with Crippen LogP contribution >= 0.6 is 22.7 Å². The summed E-state index contributed by atoms with van der Waals surface area (Å²) in [7, 11) is 3.56. The van der Waals surface area contributed by atoms with Crippen molar-refractivity contribution in [3.63, 3.8) is 0 Å². The molecule has 14 nitrogen and oxygen atoms in total. The van der Waals surface area contributed by atoms with Crippen molar-refractivity contribution in [2.45, 2.75) is 89.6 Å². The topological polar surface area (TPSA) is 180 Å². The van der Waals surface area contributed by atoms with Crippen LogP contribution in [0, 0.1) is 11.8 Å². The summed E-state index contributed by atoms with van der Waals surface area (Å²) in [6.45, 7) is 8.26. The van der Waals surface area contributed by atoms with Crippen LogP contribution in [0.25, 0.3) is 0 Å². The maximum atomic E-state index is 13.9. The number of nitrogens with zero attached hydrogens (tertiary/aromatic N) is 4. The van der Waals surface area contributed by atoms with Crippen LogP contribution in [0.1, 0.15) is 80.0 Å². The fourth-order valence-electron chi connectivity index (χ4n) is 5.87. The van der Waals surface area contributed by atoms with Crippen molar-refractivity contribution in [2.75, 3.05) is 33.9 Å². The zero-order valence-electron chi connectivity index (χ0n) is 28.3. The molecule has 48 heavy (non-hydrogen) atoms. The van der Waals surface area contributed by atoms with Crippen molar-refractivity contribution in [3.8, 4) is 0 Å². The smallest absolute Gasteiger partial charge is 0.306 e. The SMILES string of the molecule is CC(=O)O[C@H](C[C@H](C(C)C)N(C)C(=O)C1(NC(=O)[C@H]2COCCN2C)CC1)c1nc(C(=O)N[C@@H](Cc2nccs2)C[C@H](C)C(=O)O)cs1. The molecule has 1 saturated heterocycles. The van der Waals surface area contributed by atoms with Crippen molar-refractivity contribution in [3.05, 3.63) is 32.7 Å². The summed E-state index contributed by atoms with van der Waals surface area (Å²) in [6, 6.07) is -1.35. The first-order valence-electron chi connectivity index (χ1n) is 16.1. The average molecular weight is 707 g/mol. The van der Waals surface area contributed by atoms with Crippen molar-refractivity contribution < 1.29 is 38.6 Å². The molecule has 0 radical (unpaired) electrons. The Labute approximate surface area is 288 Å². The summed E-state index contributed by atoms with van der Waals surface area (Å²) >= 11 is 2.59. The lowest BCUT2D eigenvalue weighted by Crippen LogP contribution is -2.59. The quantitative estimate of drug-likeness (QED) is 0.218. The molecule has 4 rings (SSSR count). The maximum Gasteiger partial charge on any atom is 0.306 e. The van der Waals surface area contributed by atoms with Gasteiger partial charge in [0.2, 0.25) is 11.8 Å². The van der Waals surface area contributed by atoms with Crippen molar-refractivity contribution in [2.24, 2.45) is 11.8 Å². The molecule has 2 aromatic heterocycles. The molecular formula is C32H46N6O8S2. The highest BCUT2D eigenvalue weighted by molar-refractivity contribution is 7.10. The molecule has 1 aliphatic heterocycles. The Hall–Kier alpha value is -3.47. The first-order valence-corrected chi connectivity index (χ1v) is 17.9. The third kappa shape index (κ3) is 9.57. The van der Waals surface area contributed by atoms with Gasteiger partial charge in [-0.15, -0.1) is 22.7 Å². The molecule has 1 saturated carbocycles. The number of ether oxygens (including phenoxy) is 2. The minimum Gasteiger partial charge on any atom is -0.481 e. The number of carboxylic acids is 1. The minimum atomic E-state index is -0.992. The predicted octanol–water partition coefficient (Wildman–Crippen LogP) is 2.51. The van der Waals surface area contributed by atoms with Crippen LogP contribution in [0.5, 0.6) is 0 Å². The van der Waals surface area contributed by atoms with Crippen LogP contribution in [0.4, 0.5) is 0 Å². The monoisotopic (exact) mass is 706 g/mol. The minimum absolute atomic E-state index is 0.0491. The number of hydrogen-bond donors (Lipinski definition) is 3. The Morgan fingerprint density at radius 1 is 1.19 bits per heavy atom. The zero-order valence-corrected chi connectivity index (χ0v) is 29.9. The molecule has 16 heteroatoms. The van der Waals surface area contributed by atoms with Crippen molar-refractivity contribution in [1.82, 2.24) is 30.4 Å². The van der Waals surface area contributed by atoms with Gasteiger partial charge < -0.3 is 30.1 Å². The molecule has 2 aliphatic rings. The van der Waals surface area contributed by atoms with E-state index in [2.05, 4.69) is 20.6 Å². The lowest BCUT2D eigenvalue weighted by atomic mass is 9.95. The average Bonchev–Trinajstić information content (AvgIpc) is 3.38. The molecule has 3 N–H and O–H groups in total. The molecular weight excluding hydrogens is 661 g/mol. The molecule has 1 aliphatic carbocycles. The van der Waals surface area contributed by atoms with Crippen molar-refractivity contribution in [1.29, 1.82) is 0 Å². The Balaban J connectivity index is 1.47. The lowest BCUT2D eigenvalue weighted by Gasteiger charge is -2.37. The van der Waals surface area contributed by atoms with Gasteiger partial charge in [-0.05, 0) is 32.2 Å². The molecule has 0 bridgehead atoms. The number of morpholine rings is 1. The van der Waals surface area contributed by atoms with E-state index in [1.807, 2.05) is 31.2 Å². The fourth-order valence-corrected chi connectivity index (χ4v) is 7.41. The molecule has 3 heterocycles. The largest absolute Gasteiger partial charge is 0.481 e. The molecule has 0 spiro atoms. The number of carboxylic acid groups (broad SMARTS) is 1. The number of hydrogen-bond acceptors (Lipinski definition) is 12. The fraction of sp³-hybridized carbons (Fsp3) is 0.656. The van der Waals surface area contributed by atoms with E-state index in [9.17, 15) is 29.1 Å². The maximum absolute atomic E-state index is 13.9. The highest BCUT2D eigenvalue weighted by Crippen LogP contribution is 2.39. The summed E-state index contributed by atoms with van der Waals surface area (Å²) < 4.78 is 11.2. The van der Waals surface area contributed by atoms with Gasteiger partial charge in [0.05, 0.1) is 24.1 Å². The highest BCUT2D eigenvalue weighted by atomic mass is 32.1. The number of aromatic nitrogens is 2. The van der Waals surface area contributed by atoms with Gasteiger partial charge in [-0.2, -0.15) is 0 Å².